The van der Waals surface area contributed by atoms with Gasteiger partial charge in [-0.2, -0.15) is 23.4 Å². The largest absolute Gasteiger partial charge is 0.433 e. The van der Waals surface area contributed by atoms with Crippen LogP contribution in [0.1, 0.15) is 5.69 Å². The minimum Gasteiger partial charge on any atom is -0.284 e. The quantitative estimate of drug-likeness (QED) is 0.508. The number of halogens is 4. The van der Waals surface area contributed by atoms with Gasteiger partial charge < -0.3 is 0 Å². The molecule has 0 unspecified atom stereocenters. The summed E-state index contributed by atoms with van der Waals surface area (Å²) in [4.78, 5) is 7.45. The van der Waals surface area contributed by atoms with Crippen LogP contribution in [-0.2, 0) is 6.18 Å². The fourth-order valence-corrected chi connectivity index (χ4v) is 2.57. The molecule has 0 atom stereocenters. The third-order valence-corrected chi connectivity index (χ3v) is 3.78. The molecule has 0 fully saturated rings. The topological polar surface area (TPSA) is 56.0 Å². The van der Waals surface area contributed by atoms with Gasteiger partial charge in [-0.3, -0.25) is 4.40 Å². The third-order valence-electron chi connectivity index (χ3n) is 3.78. The van der Waals surface area contributed by atoms with E-state index in [0.717, 1.165) is 6.07 Å². The number of benzene rings is 1. The van der Waals surface area contributed by atoms with Crippen LogP contribution in [0.15, 0.2) is 55.0 Å². The first kappa shape index (κ1) is 16.1. The standard InChI is InChI=1S/C17H9F4N5/c18-12-4-3-10(8-11(12)13-2-1-6-23-25-13)14-9-22-16-24-15(17(19,20)21)5-7-26(14)16/h1-9H. The normalized spacial score (nSPS) is 11.8. The number of alkyl halides is 3. The maximum absolute atomic E-state index is 14.2. The van der Waals surface area contributed by atoms with Crippen molar-refractivity contribution in [1.82, 2.24) is 24.6 Å². The second-order valence-corrected chi connectivity index (χ2v) is 5.43. The Morgan fingerprint density at radius 2 is 1.88 bits per heavy atom. The SMILES string of the molecule is Fc1ccc(-c2cnc3nc(C(F)(F)F)ccn23)cc1-c1cccnn1. The summed E-state index contributed by atoms with van der Waals surface area (Å²) in [5.74, 6) is -0.583. The molecule has 0 amide bonds. The number of nitrogens with zero attached hydrogens (tertiary/aromatic N) is 5. The first-order valence-corrected chi connectivity index (χ1v) is 7.43. The first-order chi connectivity index (χ1) is 12.4. The van der Waals surface area contributed by atoms with Crippen LogP contribution < -0.4 is 0 Å². The van der Waals surface area contributed by atoms with Crippen LogP contribution in [0.2, 0.25) is 0 Å². The molecule has 0 saturated heterocycles. The van der Waals surface area contributed by atoms with Gasteiger partial charge in [0, 0.05) is 23.5 Å². The third kappa shape index (κ3) is 2.77. The zero-order chi connectivity index (χ0) is 18.3. The van der Waals surface area contributed by atoms with E-state index in [0.29, 0.717) is 17.0 Å². The molecule has 0 N–H and O–H groups in total. The first-order valence-electron chi connectivity index (χ1n) is 7.43. The molecule has 0 radical (unpaired) electrons. The molecule has 0 bridgehead atoms. The molecule has 3 aromatic heterocycles. The van der Waals surface area contributed by atoms with Crippen molar-refractivity contribution in [2.75, 3.05) is 0 Å². The fourth-order valence-electron chi connectivity index (χ4n) is 2.57. The van der Waals surface area contributed by atoms with E-state index in [1.54, 1.807) is 18.2 Å². The van der Waals surface area contributed by atoms with Crippen molar-refractivity contribution in [3.05, 3.63) is 66.5 Å². The molecule has 4 aromatic rings. The zero-order valence-electron chi connectivity index (χ0n) is 12.9. The van der Waals surface area contributed by atoms with Crippen molar-refractivity contribution in [2.45, 2.75) is 6.18 Å². The molecule has 0 aliphatic carbocycles. The molecule has 0 spiro atoms. The van der Waals surface area contributed by atoms with Gasteiger partial charge in [0.25, 0.3) is 0 Å². The second-order valence-electron chi connectivity index (χ2n) is 5.43. The van der Waals surface area contributed by atoms with Crippen LogP contribution in [0.5, 0.6) is 0 Å². The molecule has 4 rings (SSSR count). The zero-order valence-corrected chi connectivity index (χ0v) is 12.9. The second kappa shape index (κ2) is 5.87. The lowest BCUT2D eigenvalue weighted by Crippen LogP contribution is -2.09. The van der Waals surface area contributed by atoms with Gasteiger partial charge in [-0.05, 0) is 36.4 Å². The van der Waals surface area contributed by atoms with E-state index >= 15 is 0 Å². The Morgan fingerprint density at radius 1 is 1.04 bits per heavy atom. The predicted molar refractivity (Wildman–Crippen MR) is 84.4 cm³/mol. The maximum atomic E-state index is 14.2. The highest BCUT2D eigenvalue weighted by Crippen LogP contribution is 2.30. The van der Waals surface area contributed by atoms with Gasteiger partial charge in [0.15, 0.2) is 0 Å². The fraction of sp³-hybridized carbons (Fsp3) is 0.0588. The molecule has 0 aliphatic heterocycles. The van der Waals surface area contributed by atoms with Crippen LogP contribution in [-0.4, -0.2) is 24.6 Å². The Kier molecular flexibility index (Phi) is 3.64. The monoisotopic (exact) mass is 359 g/mol. The lowest BCUT2D eigenvalue weighted by molar-refractivity contribution is -0.141. The smallest absolute Gasteiger partial charge is 0.284 e. The van der Waals surface area contributed by atoms with Gasteiger partial charge in [-0.25, -0.2) is 14.4 Å². The van der Waals surface area contributed by atoms with Crippen LogP contribution in [0.3, 0.4) is 0 Å². The summed E-state index contributed by atoms with van der Waals surface area (Å²) in [6.45, 7) is 0. The van der Waals surface area contributed by atoms with Gasteiger partial charge >= 0.3 is 6.18 Å². The summed E-state index contributed by atoms with van der Waals surface area (Å²) >= 11 is 0. The Morgan fingerprint density at radius 3 is 2.62 bits per heavy atom. The Bertz CT molecular complexity index is 1090. The van der Waals surface area contributed by atoms with E-state index in [1.807, 2.05) is 0 Å². The number of imidazole rings is 1. The van der Waals surface area contributed by atoms with Crippen LogP contribution in [0.4, 0.5) is 17.6 Å². The van der Waals surface area contributed by atoms with Gasteiger partial charge in [-0.15, -0.1) is 0 Å². The van der Waals surface area contributed by atoms with Crippen molar-refractivity contribution in [1.29, 1.82) is 0 Å². The number of aromatic nitrogens is 5. The summed E-state index contributed by atoms with van der Waals surface area (Å²) in [6.07, 6.45) is -0.461. The van der Waals surface area contributed by atoms with Crippen LogP contribution >= 0.6 is 0 Å². The van der Waals surface area contributed by atoms with Gasteiger partial charge in [-0.1, -0.05) is 0 Å². The van der Waals surface area contributed by atoms with Crippen LogP contribution in [0.25, 0.3) is 28.3 Å². The number of fused-ring (bicyclic) bond motifs is 1. The minimum absolute atomic E-state index is 0.0970. The molecule has 9 heteroatoms. The predicted octanol–water partition coefficient (Wildman–Crippen LogP) is 4.01. The summed E-state index contributed by atoms with van der Waals surface area (Å²) in [5, 5.41) is 7.61. The highest BCUT2D eigenvalue weighted by atomic mass is 19.4. The molecule has 0 aliphatic rings. The van der Waals surface area contributed by atoms with Crippen molar-refractivity contribution >= 4 is 5.78 Å². The average Bonchev–Trinajstić information content (AvgIpc) is 3.05. The number of rotatable bonds is 2. The highest BCUT2D eigenvalue weighted by Gasteiger charge is 2.33. The van der Waals surface area contributed by atoms with Crippen molar-refractivity contribution < 1.29 is 17.6 Å². The maximum Gasteiger partial charge on any atom is 0.433 e. The van der Waals surface area contributed by atoms with Gasteiger partial charge in [0.2, 0.25) is 5.78 Å². The highest BCUT2D eigenvalue weighted by molar-refractivity contribution is 5.71. The van der Waals surface area contributed by atoms with E-state index < -0.39 is 17.7 Å². The molecular formula is C17H9F4N5. The number of hydrogen-bond donors (Lipinski definition) is 0. The van der Waals surface area contributed by atoms with Crippen molar-refractivity contribution in [2.24, 2.45) is 0 Å². The van der Waals surface area contributed by atoms with E-state index in [4.69, 9.17) is 0 Å². The molecule has 26 heavy (non-hydrogen) atoms. The van der Waals surface area contributed by atoms with Crippen molar-refractivity contribution in [3.8, 4) is 22.5 Å². The molecule has 1 aromatic carbocycles. The van der Waals surface area contributed by atoms with Gasteiger partial charge in [0.1, 0.15) is 11.5 Å². The minimum atomic E-state index is -4.55. The summed E-state index contributed by atoms with van der Waals surface area (Å²) in [5.41, 5.74) is 0.581. The molecule has 0 saturated carbocycles. The molecule has 5 nitrogen and oxygen atoms in total. The Labute approximate surface area is 144 Å². The molecule has 3 heterocycles. The molecular weight excluding hydrogens is 350 g/mol. The van der Waals surface area contributed by atoms with Crippen LogP contribution in [0, 0.1) is 5.82 Å². The summed E-state index contributed by atoms with van der Waals surface area (Å²) < 4.78 is 53.9. The summed E-state index contributed by atoms with van der Waals surface area (Å²) in [7, 11) is 0. The van der Waals surface area contributed by atoms with Crippen molar-refractivity contribution in [3.63, 3.8) is 0 Å². The molecule has 130 valence electrons. The summed E-state index contributed by atoms with van der Waals surface area (Å²) in [6, 6.07) is 8.42. The lowest BCUT2D eigenvalue weighted by Gasteiger charge is -2.08. The lowest BCUT2D eigenvalue weighted by atomic mass is 10.1. The Balaban J connectivity index is 1.84. The van der Waals surface area contributed by atoms with E-state index in [2.05, 4.69) is 20.2 Å². The van der Waals surface area contributed by atoms with E-state index in [-0.39, 0.29) is 11.3 Å². The van der Waals surface area contributed by atoms with E-state index in [1.165, 1.54) is 35.1 Å². The Hall–Kier alpha value is -3.36. The average molecular weight is 359 g/mol. The van der Waals surface area contributed by atoms with Gasteiger partial charge in [0.05, 0.1) is 17.6 Å². The van der Waals surface area contributed by atoms with E-state index in [9.17, 15) is 17.6 Å². The number of hydrogen-bond acceptors (Lipinski definition) is 4.